The molecule has 0 bridgehead atoms. The minimum Gasteiger partial charge on any atom is -0.481 e. The van der Waals surface area contributed by atoms with E-state index in [0.29, 0.717) is 18.0 Å². The third-order valence-corrected chi connectivity index (χ3v) is 4.15. The Balaban J connectivity index is 1.74. The molecule has 24 heavy (non-hydrogen) atoms. The van der Waals surface area contributed by atoms with Crippen LogP contribution in [0.5, 0.6) is 11.5 Å². The molecule has 0 aliphatic carbocycles. The highest BCUT2D eigenvalue weighted by molar-refractivity contribution is 5.93. The topological polar surface area (TPSA) is 79.7 Å². The number of ether oxygens (including phenoxy) is 1. The van der Waals surface area contributed by atoms with Crippen molar-refractivity contribution in [2.75, 3.05) is 13.1 Å². The number of aliphatic carboxylic acids is 1. The van der Waals surface area contributed by atoms with E-state index in [-0.39, 0.29) is 24.1 Å². The van der Waals surface area contributed by atoms with Crippen LogP contribution in [0.4, 0.5) is 0 Å². The third kappa shape index (κ3) is 3.37. The summed E-state index contributed by atoms with van der Waals surface area (Å²) in [6.07, 6.45) is 1.51. The van der Waals surface area contributed by atoms with E-state index in [2.05, 4.69) is 4.98 Å². The summed E-state index contributed by atoms with van der Waals surface area (Å²) >= 11 is 0. The van der Waals surface area contributed by atoms with E-state index < -0.39 is 11.9 Å². The molecule has 1 aromatic heterocycles. The number of hydrogen-bond acceptors (Lipinski definition) is 4. The van der Waals surface area contributed by atoms with Crippen molar-refractivity contribution >= 4 is 11.9 Å². The molecule has 0 saturated carbocycles. The lowest BCUT2D eigenvalue weighted by Gasteiger charge is -2.15. The number of carboxylic acid groups (broad SMARTS) is 1. The number of amides is 1. The highest BCUT2D eigenvalue weighted by atomic mass is 16.5. The smallest absolute Gasteiger partial charge is 0.308 e. The van der Waals surface area contributed by atoms with Crippen LogP contribution in [0, 0.1) is 11.8 Å². The maximum absolute atomic E-state index is 12.6. The normalized spacial score (nSPS) is 20.0. The number of carbonyl (C=O) groups is 2. The highest BCUT2D eigenvalue weighted by Gasteiger charge is 2.37. The molecule has 0 spiro atoms. The van der Waals surface area contributed by atoms with E-state index in [1.165, 1.54) is 11.1 Å². The van der Waals surface area contributed by atoms with Crippen molar-refractivity contribution in [2.24, 2.45) is 11.8 Å². The van der Waals surface area contributed by atoms with E-state index in [9.17, 15) is 14.7 Å². The van der Waals surface area contributed by atoms with Crippen molar-refractivity contribution in [3.63, 3.8) is 0 Å². The Kier molecular flexibility index (Phi) is 4.46. The third-order valence-electron chi connectivity index (χ3n) is 4.15. The van der Waals surface area contributed by atoms with Crippen LogP contribution in [-0.4, -0.2) is 40.0 Å². The van der Waals surface area contributed by atoms with E-state index >= 15 is 0 Å². The van der Waals surface area contributed by atoms with Gasteiger partial charge >= 0.3 is 5.97 Å². The predicted molar refractivity (Wildman–Crippen MR) is 86.9 cm³/mol. The van der Waals surface area contributed by atoms with Crippen LogP contribution in [-0.2, 0) is 4.79 Å². The summed E-state index contributed by atoms with van der Waals surface area (Å²) in [6.45, 7) is 2.47. The van der Waals surface area contributed by atoms with Gasteiger partial charge in [0.25, 0.3) is 5.91 Å². The second-order valence-electron chi connectivity index (χ2n) is 5.92. The number of likely N-dealkylation sites (tertiary alicyclic amines) is 1. The van der Waals surface area contributed by atoms with Gasteiger partial charge in [-0.25, -0.2) is 0 Å². The van der Waals surface area contributed by atoms with Crippen LogP contribution in [0.25, 0.3) is 0 Å². The number of carboxylic acids is 1. The first-order chi connectivity index (χ1) is 11.5. The van der Waals surface area contributed by atoms with Crippen LogP contribution in [0.2, 0.25) is 0 Å². The molecular formula is C18H18N2O4. The Morgan fingerprint density at radius 3 is 2.58 bits per heavy atom. The van der Waals surface area contributed by atoms with E-state index in [4.69, 9.17) is 4.74 Å². The van der Waals surface area contributed by atoms with Gasteiger partial charge in [0.05, 0.1) is 5.92 Å². The summed E-state index contributed by atoms with van der Waals surface area (Å²) in [7, 11) is 0. The fourth-order valence-corrected chi connectivity index (χ4v) is 2.83. The van der Waals surface area contributed by atoms with Crippen molar-refractivity contribution in [2.45, 2.75) is 6.92 Å². The molecule has 1 N–H and O–H groups in total. The molecule has 6 heteroatoms. The van der Waals surface area contributed by atoms with Gasteiger partial charge in [0.15, 0.2) is 0 Å². The Labute approximate surface area is 139 Å². The zero-order valence-corrected chi connectivity index (χ0v) is 13.3. The second-order valence-corrected chi connectivity index (χ2v) is 5.92. The largest absolute Gasteiger partial charge is 0.481 e. The number of nitrogens with zero attached hydrogens (tertiary/aromatic N) is 2. The molecule has 1 fully saturated rings. The van der Waals surface area contributed by atoms with E-state index in [1.54, 1.807) is 12.1 Å². The monoisotopic (exact) mass is 326 g/mol. The molecule has 1 saturated heterocycles. The van der Waals surface area contributed by atoms with Gasteiger partial charge < -0.3 is 14.7 Å². The van der Waals surface area contributed by atoms with Gasteiger partial charge in [-0.3, -0.25) is 14.6 Å². The summed E-state index contributed by atoms with van der Waals surface area (Å²) in [5.41, 5.74) is 0.252. The maximum atomic E-state index is 12.6. The Morgan fingerprint density at radius 2 is 1.92 bits per heavy atom. The number of aromatic nitrogens is 1. The lowest BCUT2D eigenvalue weighted by molar-refractivity contribution is -0.142. The maximum Gasteiger partial charge on any atom is 0.308 e. The van der Waals surface area contributed by atoms with Crippen LogP contribution < -0.4 is 4.74 Å². The molecule has 2 aromatic rings. The van der Waals surface area contributed by atoms with Gasteiger partial charge in [-0.1, -0.05) is 25.1 Å². The number of hydrogen-bond donors (Lipinski definition) is 1. The molecule has 1 aliphatic heterocycles. The average molecular weight is 326 g/mol. The Morgan fingerprint density at radius 1 is 1.17 bits per heavy atom. The fourth-order valence-electron chi connectivity index (χ4n) is 2.83. The summed E-state index contributed by atoms with van der Waals surface area (Å²) in [6, 6.07) is 12.5. The molecule has 6 nitrogen and oxygen atoms in total. The summed E-state index contributed by atoms with van der Waals surface area (Å²) < 4.78 is 5.71. The predicted octanol–water partition coefficient (Wildman–Crippen LogP) is 2.67. The zero-order valence-electron chi connectivity index (χ0n) is 13.3. The molecule has 0 radical (unpaired) electrons. The molecular weight excluding hydrogens is 308 g/mol. The molecule has 1 aromatic carbocycles. The first-order valence-corrected chi connectivity index (χ1v) is 7.75. The van der Waals surface area contributed by atoms with Crippen molar-refractivity contribution in [1.82, 2.24) is 9.88 Å². The van der Waals surface area contributed by atoms with Gasteiger partial charge in [-0.05, 0) is 24.1 Å². The van der Waals surface area contributed by atoms with Crippen LogP contribution in [0.3, 0.4) is 0 Å². The quantitative estimate of drug-likeness (QED) is 0.934. The van der Waals surface area contributed by atoms with Crippen molar-refractivity contribution in [3.8, 4) is 11.5 Å². The van der Waals surface area contributed by atoms with E-state index in [1.807, 2.05) is 37.3 Å². The van der Waals surface area contributed by atoms with Crippen molar-refractivity contribution in [1.29, 1.82) is 0 Å². The van der Waals surface area contributed by atoms with Crippen LogP contribution >= 0.6 is 0 Å². The summed E-state index contributed by atoms with van der Waals surface area (Å²) in [4.78, 5) is 29.4. The van der Waals surface area contributed by atoms with Crippen LogP contribution in [0.15, 0.2) is 48.7 Å². The fraction of sp³-hybridized carbons (Fsp3) is 0.278. The first kappa shape index (κ1) is 16.0. The van der Waals surface area contributed by atoms with Crippen LogP contribution in [0.1, 0.15) is 17.4 Å². The number of para-hydroxylation sites is 1. The Bertz CT molecular complexity index is 748. The van der Waals surface area contributed by atoms with Gasteiger partial charge in [0.1, 0.15) is 17.2 Å². The molecule has 0 unspecified atom stereocenters. The van der Waals surface area contributed by atoms with Crippen molar-refractivity contribution < 1.29 is 19.4 Å². The number of benzene rings is 1. The molecule has 124 valence electrons. The molecule has 2 atom stereocenters. The Hall–Kier alpha value is -2.89. The average Bonchev–Trinajstić information content (AvgIpc) is 2.97. The summed E-state index contributed by atoms with van der Waals surface area (Å²) in [5.74, 6) is -0.562. The van der Waals surface area contributed by atoms with Gasteiger partial charge in [-0.2, -0.15) is 0 Å². The van der Waals surface area contributed by atoms with Gasteiger partial charge in [0, 0.05) is 25.4 Å². The lowest BCUT2D eigenvalue weighted by atomic mass is 9.99. The number of pyridine rings is 1. The zero-order chi connectivity index (χ0) is 17.1. The van der Waals surface area contributed by atoms with Gasteiger partial charge in [0.2, 0.25) is 0 Å². The molecule has 3 rings (SSSR count). The molecule has 2 heterocycles. The van der Waals surface area contributed by atoms with Crippen molar-refractivity contribution in [3.05, 3.63) is 54.4 Å². The number of carbonyl (C=O) groups excluding carboxylic acids is 1. The van der Waals surface area contributed by atoms with E-state index in [0.717, 1.165) is 0 Å². The minimum atomic E-state index is -0.869. The standard InChI is InChI=1S/C18H18N2O4/c1-12-10-20(11-15(12)18(22)23)17(21)16-9-14(7-8-19-16)24-13-5-3-2-4-6-13/h2-9,12,15H,10-11H2,1H3,(H,22,23)/t12-,15-/m1/s1. The minimum absolute atomic E-state index is 0.0739. The molecule has 1 aliphatic rings. The summed E-state index contributed by atoms with van der Waals surface area (Å²) in [5, 5.41) is 9.19. The SMILES string of the molecule is C[C@@H]1CN(C(=O)c2cc(Oc3ccccc3)ccn2)C[C@H]1C(=O)O. The molecule has 1 amide bonds. The first-order valence-electron chi connectivity index (χ1n) is 7.75. The lowest BCUT2D eigenvalue weighted by Crippen LogP contribution is -2.30. The second kappa shape index (κ2) is 6.70. The number of rotatable bonds is 4. The van der Waals surface area contributed by atoms with Gasteiger partial charge in [-0.15, -0.1) is 0 Å². The highest BCUT2D eigenvalue weighted by Crippen LogP contribution is 2.26.